The van der Waals surface area contributed by atoms with E-state index in [1.165, 1.54) is 12.1 Å². The molecule has 8 heteroatoms. The Morgan fingerprint density at radius 1 is 1.25 bits per heavy atom. The van der Waals surface area contributed by atoms with Crippen LogP contribution in [0.15, 0.2) is 24.3 Å². The maximum absolute atomic E-state index is 13.4. The lowest BCUT2D eigenvalue weighted by atomic mass is 9.93. The van der Waals surface area contributed by atoms with Gasteiger partial charge in [-0.25, -0.2) is 4.39 Å². The number of carbonyl (C=O) groups excluding carboxylic acids is 2. The summed E-state index contributed by atoms with van der Waals surface area (Å²) in [6.07, 6.45) is 2.44. The van der Waals surface area contributed by atoms with Crippen LogP contribution in [0.4, 0.5) is 4.39 Å². The number of rotatable bonds is 6. The van der Waals surface area contributed by atoms with Crippen LogP contribution in [0.1, 0.15) is 44.7 Å². The molecule has 2 bridgehead atoms. The van der Waals surface area contributed by atoms with Crippen LogP contribution in [-0.2, 0) is 9.59 Å². The van der Waals surface area contributed by atoms with Crippen molar-refractivity contribution in [3.05, 3.63) is 35.6 Å². The van der Waals surface area contributed by atoms with Crippen LogP contribution in [0.3, 0.4) is 0 Å². The van der Waals surface area contributed by atoms with E-state index in [1.807, 2.05) is 9.80 Å². The molecule has 1 aliphatic carbocycles. The molecular weight excluding hydrogens is 409 g/mol. The highest BCUT2D eigenvalue weighted by atomic mass is 19.1. The van der Waals surface area contributed by atoms with Gasteiger partial charge < -0.3 is 15.5 Å². The van der Waals surface area contributed by atoms with Crippen molar-refractivity contribution in [2.75, 3.05) is 13.1 Å². The quantitative estimate of drug-likeness (QED) is 0.728. The molecule has 170 valence electrons. The summed E-state index contributed by atoms with van der Waals surface area (Å²) in [6.45, 7) is 5.16. The van der Waals surface area contributed by atoms with Crippen LogP contribution in [0.2, 0.25) is 0 Å². The first-order valence-electron chi connectivity index (χ1n) is 11.6. The van der Waals surface area contributed by atoms with Gasteiger partial charge in [0, 0.05) is 25.2 Å². The fraction of sp³-hybridized carbons (Fsp3) is 0.625. The Labute approximate surface area is 187 Å². The van der Waals surface area contributed by atoms with Gasteiger partial charge in [-0.15, -0.1) is 0 Å². The van der Waals surface area contributed by atoms with Gasteiger partial charge in [0.1, 0.15) is 11.9 Å². The van der Waals surface area contributed by atoms with E-state index in [0.717, 1.165) is 24.8 Å². The average molecular weight is 440 g/mol. The largest absolute Gasteiger partial charge is 0.330 e. The molecule has 1 aromatic carbocycles. The summed E-state index contributed by atoms with van der Waals surface area (Å²) in [5, 5.41) is 9.38. The summed E-state index contributed by atoms with van der Waals surface area (Å²) < 4.78 is 13.4. The number of hydrogen-bond donors (Lipinski definition) is 1. The molecule has 0 spiro atoms. The van der Waals surface area contributed by atoms with E-state index >= 15 is 0 Å². The van der Waals surface area contributed by atoms with Gasteiger partial charge in [0.25, 0.3) is 0 Å². The Morgan fingerprint density at radius 3 is 2.59 bits per heavy atom. The molecular formula is C24H30FN5O2. The zero-order chi connectivity index (χ0) is 22.7. The number of benzene rings is 1. The molecule has 4 fully saturated rings. The van der Waals surface area contributed by atoms with E-state index in [0.29, 0.717) is 19.0 Å². The van der Waals surface area contributed by atoms with Crippen molar-refractivity contribution in [2.24, 2.45) is 17.6 Å². The molecule has 3 saturated heterocycles. The van der Waals surface area contributed by atoms with Crippen molar-refractivity contribution in [1.29, 1.82) is 5.26 Å². The Balaban J connectivity index is 1.27. The van der Waals surface area contributed by atoms with Crippen LogP contribution in [-0.4, -0.2) is 69.8 Å². The number of nitrogens with zero attached hydrogens (tertiary/aromatic N) is 4. The Bertz CT molecular complexity index is 960. The summed E-state index contributed by atoms with van der Waals surface area (Å²) in [5.41, 5.74) is 7.24. The van der Waals surface area contributed by atoms with Gasteiger partial charge in [0.2, 0.25) is 11.8 Å². The lowest BCUT2D eigenvalue weighted by molar-refractivity contribution is -0.142. The van der Waals surface area contributed by atoms with Gasteiger partial charge in [-0.2, -0.15) is 5.26 Å². The molecule has 0 aromatic heterocycles. The maximum atomic E-state index is 13.4. The van der Waals surface area contributed by atoms with Crippen LogP contribution >= 0.6 is 0 Å². The summed E-state index contributed by atoms with van der Waals surface area (Å²) >= 11 is 0. The van der Waals surface area contributed by atoms with Crippen molar-refractivity contribution in [1.82, 2.24) is 14.7 Å². The monoisotopic (exact) mass is 439 g/mol. The summed E-state index contributed by atoms with van der Waals surface area (Å²) in [6, 6.07) is 7.39. The highest BCUT2D eigenvalue weighted by Crippen LogP contribution is 2.48. The van der Waals surface area contributed by atoms with E-state index in [1.54, 1.807) is 17.0 Å². The zero-order valence-electron chi connectivity index (χ0n) is 18.5. The number of likely N-dealkylation sites (tertiary alicyclic amines) is 3. The van der Waals surface area contributed by atoms with Crippen molar-refractivity contribution in [3.8, 4) is 6.07 Å². The van der Waals surface area contributed by atoms with E-state index in [9.17, 15) is 19.2 Å². The number of amides is 2. The van der Waals surface area contributed by atoms with Gasteiger partial charge in [-0.05, 0) is 48.8 Å². The van der Waals surface area contributed by atoms with Gasteiger partial charge in [-0.3, -0.25) is 14.5 Å². The number of hydrogen-bond acceptors (Lipinski definition) is 5. The molecule has 1 unspecified atom stereocenters. The van der Waals surface area contributed by atoms with E-state index in [2.05, 4.69) is 19.9 Å². The average Bonchev–Trinajstić information content (AvgIpc) is 3.10. The Hall–Kier alpha value is -2.50. The number of nitrogens with two attached hydrogens (primary N) is 1. The predicted octanol–water partition coefficient (Wildman–Crippen LogP) is 1.65. The first-order chi connectivity index (χ1) is 15.3. The SMILES string of the molecule is CC(C)[C@H](c1ccc(F)cc1)N1C(=O)[C@H]2C[C@@H]1CN2C[C@H](N)C(=O)N1[C@H](C#N)CC2C[C@@H]21. The molecule has 7 atom stereocenters. The third kappa shape index (κ3) is 3.39. The smallest absolute Gasteiger partial charge is 0.242 e. The lowest BCUT2D eigenvalue weighted by Crippen LogP contribution is -2.57. The first kappa shape index (κ1) is 21.4. The normalized spacial score (nSPS) is 32.9. The van der Waals surface area contributed by atoms with Gasteiger partial charge in [0.15, 0.2) is 0 Å². The number of halogens is 1. The summed E-state index contributed by atoms with van der Waals surface area (Å²) in [7, 11) is 0. The topological polar surface area (TPSA) is 93.7 Å². The predicted molar refractivity (Wildman–Crippen MR) is 115 cm³/mol. The third-order valence-corrected chi connectivity index (χ3v) is 7.71. The molecule has 4 aliphatic rings. The van der Waals surface area contributed by atoms with E-state index < -0.39 is 6.04 Å². The van der Waals surface area contributed by atoms with Crippen molar-refractivity contribution in [2.45, 2.75) is 69.4 Å². The number of fused-ring (bicyclic) bond motifs is 3. The summed E-state index contributed by atoms with van der Waals surface area (Å²) in [4.78, 5) is 32.1. The highest BCUT2D eigenvalue weighted by Gasteiger charge is 2.56. The molecule has 0 radical (unpaired) electrons. The van der Waals surface area contributed by atoms with Gasteiger partial charge in [0.05, 0.1) is 24.2 Å². The second kappa shape index (κ2) is 7.82. The first-order valence-corrected chi connectivity index (χ1v) is 11.6. The zero-order valence-corrected chi connectivity index (χ0v) is 18.5. The standard InChI is InChI=1S/C24H30FN5O2/c1-13(2)22(14-3-5-16(25)6-4-14)30-18-9-21(24(30)32)28(11-18)12-19(27)23(31)29-17(10-26)7-15-8-20(15)29/h3-6,13,15,17-22H,7-9,11-12,27H2,1-2H3/t15?,17-,18+,19-,20-,21+,22+/m0/s1. The molecule has 3 heterocycles. The number of piperazine rings is 1. The van der Waals surface area contributed by atoms with E-state index in [4.69, 9.17) is 5.73 Å². The third-order valence-electron chi connectivity index (χ3n) is 7.71. The van der Waals surface area contributed by atoms with Crippen LogP contribution < -0.4 is 5.73 Å². The molecule has 3 aliphatic heterocycles. The van der Waals surface area contributed by atoms with Crippen molar-refractivity contribution >= 4 is 11.8 Å². The van der Waals surface area contributed by atoms with E-state index in [-0.39, 0.29) is 53.8 Å². The van der Waals surface area contributed by atoms with Gasteiger partial charge in [-0.1, -0.05) is 26.0 Å². The molecule has 2 amide bonds. The highest BCUT2D eigenvalue weighted by molar-refractivity contribution is 5.87. The number of carbonyl (C=O) groups is 2. The Kier molecular flexibility index (Phi) is 5.22. The second-order valence-electron chi connectivity index (χ2n) is 10.1. The summed E-state index contributed by atoms with van der Waals surface area (Å²) in [5.74, 6) is 0.241. The van der Waals surface area contributed by atoms with Crippen molar-refractivity contribution in [3.63, 3.8) is 0 Å². The van der Waals surface area contributed by atoms with Crippen LogP contribution in [0.5, 0.6) is 0 Å². The Morgan fingerprint density at radius 2 is 1.97 bits per heavy atom. The molecule has 32 heavy (non-hydrogen) atoms. The minimum atomic E-state index is -0.733. The molecule has 2 N–H and O–H groups in total. The minimum Gasteiger partial charge on any atom is -0.330 e. The van der Waals surface area contributed by atoms with Crippen LogP contribution in [0, 0.1) is 29.0 Å². The number of piperidine rings is 1. The number of nitriles is 1. The van der Waals surface area contributed by atoms with Gasteiger partial charge >= 0.3 is 0 Å². The lowest BCUT2D eigenvalue weighted by Gasteiger charge is -2.41. The molecule has 7 nitrogen and oxygen atoms in total. The maximum Gasteiger partial charge on any atom is 0.242 e. The fourth-order valence-corrected chi connectivity index (χ4v) is 6.19. The molecule has 1 saturated carbocycles. The minimum absolute atomic E-state index is 0.0544. The second-order valence-corrected chi connectivity index (χ2v) is 10.1. The fourth-order valence-electron chi connectivity index (χ4n) is 6.19. The molecule has 1 aromatic rings. The van der Waals surface area contributed by atoms with Crippen molar-refractivity contribution < 1.29 is 14.0 Å². The molecule has 5 rings (SSSR count). The van der Waals surface area contributed by atoms with Crippen LogP contribution in [0.25, 0.3) is 0 Å².